The maximum atomic E-state index is 11.8. The van der Waals surface area contributed by atoms with E-state index in [2.05, 4.69) is 10.6 Å². The molecule has 0 radical (unpaired) electrons. The normalized spacial score (nSPS) is 11.1. The number of nitrogens with one attached hydrogen (secondary N) is 2. The van der Waals surface area contributed by atoms with Crippen LogP contribution in [0.1, 0.15) is 32.8 Å². The van der Waals surface area contributed by atoms with Crippen LogP contribution in [0.4, 0.5) is 5.69 Å². The Hall–Kier alpha value is -1.88. The summed E-state index contributed by atoms with van der Waals surface area (Å²) in [5.41, 5.74) is 1.77. The van der Waals surface area contributed by atoms with Crippen LogP contribution in [0.5, 0.6) is 0 Å². The lowest BCUT2D eigenvalue weighted by Crippen LogP contribution is -2.41. The molecule has 0 aromatic heterocycles. The van der Waals surface area contributed by atoms with Gasteiger partial charge in [-0.1, -0.05) is 12.1 Å². The van der Waals surface area contributed by atoms with E-state index in [1.807, 2.05) is 45.0 Å². The summed E-state index contributed by atoms with van der Waals surface area (Å²) in [5, 5.41) is 5.99. The number of carbonyl (C=O) groups excluding carboxylic acids is 2. The van der Waals surface area contributed by atoms with Crippen molar-refractivity contribution in [3.63, 3.8) is 0 Å². The van der Waals surface area contributed by atoms with Crippen molar-refractivity contribution in [1.82, 2.24) is 10.2 Å². The molecule has 0 saturated heterocycles. The zero-order valence-electron chi connectivity index (χ0n) is 14.2. The largest absolute Gasteiger partial charge is 0.349 e. The molecule has 0 spiro atoms. The summed E-state index contributed by atoms with van der Waals surface area (Å²) >= 11 is 0. The van der Waals surface area contributed by atoms with E-state index < -0.39 is 0 Å². The quantitative estimate of drug-likeness (QED) is 0.845. The topological polar surface area (TPSA) is 61.4 Å². The average molecular weight is 305 g/mol. The van der Waals surface area contributed by atoms with Crippen LogP contribution in [0.25, 0.3) is 0 Å². The molecule has 22 heavy (non-hydrogen) atoms. The molecule has 0 atom stereocenters. The predicted octanol–water partition coefficient (Wildman–Crippen LogP) is 2.03. The van der Waals surface area contributed by atoms with E-state index in [9.17, 15) is 9.59 Å². The molecule has 2 N–H and O–H groups in total. The van der Waals surface area contributed by atoms with Crippen LogP contribution in [0, 0.1) is 0 Å². The van der Waals surface area contributed by atoms with Crippen molar-refractivity contribution < 1.29 is 9.59 Å². The highest BCUT2D eigenvalue weighted by atomic mass is 16.2. The fourth-order valence-electron chi connectivity index (χ4n) is 1.78. The molecular formula is C17H27N3O2. The minimum absolute atomic E-state index is 0.0644. The fraction of sp³-hybridized carbons (Fsp3) is 0.529. The summed E-state index contributed by atoms with van der Waals surface area (Å²) in [6, 6.07) is 7.61. The van der Waals surface area contributed by atoms with E-state index in [0.717, 1.165) is 11.3 Å². The third-order valence-corrected chi connectivity index (χ3v) is 3.14. The standard InChI is InChI=1S/C17H27N3O2/c1-17(2,3)18-12-15(21)19-14-9-6-13(7-10-14)8-11-16(22)20(4)5/h6-7,9-10,18H,8,11-12H2,1-5H3,(H,19,21). The maximum Gasteiger partial charge on any atom is 0.238 e. The molecule has 0 unspecified atom stereocenters. The molecule has 0 saturated carbocycles. The summed E-state index contributed by atoms with van der Waals surface area (Å²) in [6.45, 7) is 6.33. The second kappa shape index (κ2) is 7.94. The second-order valence-corrected chi connectivity index (χ2v) is 6.64. The molecule has 0 bridgehead atoms. The van der Waals surface area contributed by atoms with Gasteiger partial charge >= 0.3 is 0 Å². The number of carbonyl (C=O) groups is 2. The highest BCUT2D eigenvalue weighted by Gasteiger charge is 2.11. The SMILES string of the molecule is CN(C)C(=O)CCc1ccc(NC(=O)CNC(C)(C)C)cc1. The number of nitrogens with zero attached hydrogens (tertiary/aromatic N) is 1. The van der Waals surface area contributed by atoms with Crippen molar-refractivity contribution in [3.8, 4) is 0 Å². The van der Waals surface area contributed by atoms with E-state index in [1.54, 1.807) is 19.0 Å². The first-order chi connectivity index (χ1) is 10.2. The highest BCUT2D eigenvalue weighted by molar-refractivity contribution is 5.92. The Balaban J connectivity index is 2.44. The lowest BCUT2D eigenvalue weighted by Gasteiger charge is -2.20. The monoisotopic (exact) mass is 305 g/mol. The van der Waals surface area contributed by atoms with Gasteiger partial charge in [-0.25, -0.2) is 0 Å². The third kappa shape index (κ3) is 7.22. The van der Waals surface area contributed by atoms with Crippen molar-refractivity contribution in [2.75, 3.05) is 26.0 Å². The lowest BCUT2D eigenvalue weighted by molar-refractivity contribution is -0.128. The van der Waals surface area contributed by atoms with E-state index in [-0.39, 0.29) is 23.9 Å². The molecule has 5 heteroatoms. The summed E-state index contributed by atoms with van der Waals surface area (Å²) in [5.74, 6) is 0.0519. The number of anilines is 1. The minimum Gasteiger partial charge on any atom is -0.349 e. The molecule has 122 valence electrons. The molecule has 1 aromatic rings. The zero-order valence-corrected chi connectivity index (χ0v) is 14.2. The van der Waals surface area contributed by atoms with Gasteiger partial charge in [0.25, 0.3) is 0 Å². The summed E-state index contributed by atoms with van der Waals surface area (Å²) in [6.07, 6.45) is 1.20. The Bertz CT molecular complexity index is 502. The van der Waals surface area contributed by atoms with E-state index in [4.69, 9.17) is 0 Å². The van der Waals surface area contributed by atoms with E-state index >= 15 is 0 Å². The molecule has 0 aliphatic rings. The number of aryl methyl sites for hydroxylation is 1. The van der Waals surface area contributed by atoms with Crippen LogP contribution in [0.3, 0.4) is 0 Å². The Kier molecular flexibility index (Phi) is 6.56. The van der Waals surface area contributed by atoms with Gasteiger partial charge in [0.1, 0.15) is 0 Å². The van der Waals surface area contributed by atoms with Crippen molar-refractivity contribution in [1.29, 1.82) is 0 Å². The number of benzene rings is 1. The molecular weight excluding hydrogens is 278 g/mol. The molecule has 1 aromatic carbocycles. The molecule has 2 amide bonds. The van der Waals surface area contributed by atoms with Crippen molar-refractivity contribution >= 4 is 17.5 Å². The van der Waals surface area contributed by atoms with Crippen molar-refractivity contribution in [2.45, 2.75) is 39.2 Å². The lowest BCUT2D eigenvalue weighted by atomic mass is 10.1. The van der Waals surface area contributed by atoms with Crippen LogP contribution in [-0.4, -0.2) is 42.9 Å². The van der Waals surface area contributed by atoms with Crippen LogP contribution in [-0.2, 0) is 16.0 Å². The average Bonchev–Trinajstić information content (AvgIpc) is 2.43. The molecule has 0 aliphatic heterocycles. The first kappa shape index (κ1) is 18.2. The summed E-state index contributed by atoms with van der Waals surface area (Å²) in [4.78, 5) is 24.9. The van der Waals surface area contributed by atoms with Crippen LogP contribution in [0.2, 0.25) is 0 Å². The zero-order chi connectivity index (χ0) is 16.8. The molecule has 0 aliphatic carbocycles. The van der Waals surface area contributed by atoms with Gasteiger partial charge in [-0.3, -0.25) is 9.59 Å². The van der Waals surface area contributed by atoms with Crippen LogP contribution in [0.15, 0.2) is 24.3 Å². The fourth-order valence-corrected chi connectivity index (χ4v) is 1.78. The second-order valence-electron chi connectivity index (χ2n) is 6.64. The minimum atomic E-state index is -0.0832. The Morgan fingerprint density at radius 3 is 2.18 bits per heavy atom. The molecule has 0 fully saturated rings. The number of rotatable bonds is 6. The number of hydrogen-bond acceptors (Lipinski definition) is 3. The smallest absolute Gasteiger partial charge is 0.238 e. The first-order valence-electron chi connectivity index (χ1n) is 7.51. The predicted molar refractivity (Wildman–Crippen MR) is 89.8 cm³/mol. The van der Waals surface area contributed by atoms with Gasteiger partial charge in [-0.15, -0.1) is 0 Å². The maximum absolute atomic E-state index is 11.8. The van der Waals surface area contributed by atoms with E-state index in [1.165, 1.54) is 0 Å². The molecule has 5 nitrogen and oxygen atoms in total. The van der Waals surface area contributed by atoms with Gasteiger partial charge < -0.3 is 15.5 Å². The van der Waals surface area contributed by atoms with Crippen LogP contribution < -0.4 is 10.6 Å². The Labute approximate surface area is 133 Å². The van der Waals surface area contributed by atoms with Gasteiger partial charge in [0.15, 0.2) is 0 Å². The number of amides is 2. The van der Waals surface area contributed by atoms with Gasteiger partial charge in [0, 0.05) is 31.7 Å². The first-order valence-corrected chi connectivity index (χ1v) is 7.51. The van der Waals surface area contributed by atoms with Crippen LogP contribution >= 0.6 is 0 Å². The van der Waals surface area contributed by atoms with E-state index in [0.29, 0.717) is 12.8 Å². The Morgan fingerprint density at radius 1 is 1.09 bits per heavy atom. The Morgan fingerprint density at radius 2 is 1.68 bits per heavy atom. The summed E-state index contributed by atoms with van der Waals surface area (Å²) < 4.78 is 0. The van der Waals surface area contributed by atoms with Gasteiger partial charge in [0.05, 0.1) is 6.54 Å². The highest BCUT2D eigenvalue weighted by Crippen LogP contribution is 2.11. The number of hydrogen-bond donors (Lipinski definition) is 2. The molecule has 1 rings (SSSR count). The van der Waals surface area contributed by atoms with Gasteiger partial charge in [-0.2, -0.15) is 0 Å². The van der Waals surface area contributed by atoms with Gasteiger partial charge in [-0.05, 0) is 44.9 Å². The molecule has 0 heterocycles. The van der Waals surface area contributed by atoms with Crippen molar-refractivity contribution in [2.24, 2.45) is 0 Å². The van der Waals surface area contributed by atoms with Gasteiger partial charge in [0.2, 0.25) is 11.8 Å². The third-order valence-electron chi connectivity index (χ3n) is 3.14. The summed E-state index contributed by atoms with van der Waals surface area (Å²) in [7, 11) is 3.51. The van der Waals surface area contributed by atoms with Crippen molar-refractivity contribution in [3.05, 3.63) is 29.8 Å².